The first-order valence-corrected chi connectivity index (χ1v) is 10.8. The predicted molar refractivity (Wildman–Crippen MR) is 119 cm³/mol. The van der Waals surface area contributed by atoms with Gasteiger partial charge in [0.15, 0.2) is 0 Å². The normalized spacial score (nSPS) is 19.1. The van der Waals surface area contributed by atoms with Gasteiger partial charge in [-0.2, -0.15) is 0 Å². The van der Waals surface area contributed by atoms with Crippen LogP contribution in [0.4, 0.5) is 11.8 Å². The minimum Gasteiger partial charge on any atom is -0.350 e. The zero-order valence-electron chi connectivity index (χ0n) is 16.2. The number of nitrogens with two attached hydrogens (primary N) is 1. The minimum absolute atomic E-state index is 0.0949. The van der Waals surface area contributed by atoms with Crippen LogP contribution in [0.2, 0.25) is 0 Å². The molecule has 0 aliphatic heterocycles. The zero-order chi connectivity index (χ0) is 20.5. The fourth-order valence-corrected chi connectivity index (χ4v) is 4.63. The van der Waals surface area contributed by atoms with E-state index in [4.69, 9.17) is 5.73 Å². The standard InChI is InChI=1S/C21H21N7OS/c22-14-3-1-2-4-16(14)26-21-24-10-17-19(28-21)13(11-30-17)20(29)27-18-6-5-12-9-23-8-7-15(12)25-18/h5-11,14,16H,1-4,22H2,(H,24,26,28)(H,25,27,29). The van der Waals surface area contributed by atoms with Crippen LogP contribution in [-0.2, 0) is 0 Å². The summed E-state index contributed by atoms with van der Waals surface area (Å²) in [5.41, 5.74) is 8.14. The fraction of sp³-hybridized carbons (Fsp3) is 0.286. The van der Waals surface area contributed by atoms with E-state index >= 15 is 0 Å². The van der Waals surface area contributed by atoms with Gasteiger partial charge in [-0.15, -0.1) is 11.3 Å². The molecule has 1 aliphatic rings. The average molecular weight is 420 g/mol. The van der Waals surface area contributed by atoms with Crippen molar-refractivity contribution >= 4 is 50.1 Å². The second kappa shape index (κ2) is 7.92. The maximum absolute atomic E-state index is 12.9. The van der Waals surface area contributed by atoms with Crippen LogP contribution in [0.25, 0.3) is 21.1 Å². The molecule has 4 heterocycles. The zero-order valence-corrected chi connectivity index (χ0v) is 17.0. The number of carbonyl (C=O) groups is 1. The molecule has 2 atom stereocenters. The molecule has 5 rings (SSSR count). The van der Waals surface area contributed by atoms with Gasteiger partial charge < -0.3 is 16.4 Å². The van der Waals surface area contributed by atoms with E-state index in [1.807, 2.05) is 12.1 Å². The number of hydrogen-bond acceptors (Lipinski definition) is 8. The Labute approximate surface area is 177 Å². The summed E-state index contributed by atoms with van der Waals surface area (Å²) in [5, 5.41) is 8.95. The van der Waals surface area contributed by atoms with Gasteiger partial charge in [-0.3, -0.25) is 9.78 Å². The number of pyridine rings is 2. The first-order chi connectivity index (χ1) is 14.7. The van der Waals surface area contributed by atoms with Crippen LogP contribution in [0.3, 0.4) is 0 Å². The van der Waals surface area contributed by atoms with Crippen LogP contribution < -0.4 is 16.4 Å². The lowest BCUT2D eigenvalue weighted by molar-refractivity contribution is 0.102. The number of hydrogen-bond donors (Lipinski definition) is 3. The largest absolute Gasteiger partial charge is 0.350 e. The van der Waals surface area contributed by atoms with Gasteiger partial charge in [-0.25, -0.2) is 15.0 Å². The van der Waals surface area contributed by atoms with Gasteiger partial charge in [0, 0.05) is 35.2 Å². The lowest BCUT2D eigenvalue weighted by atomic mass is 9.91. The maximum Gasteiger partial charge on any atom is 0.259 e. The summed E-state index contributed by atoms with van der Waals surface area (Å²) in [4.78, 5) is 30.5. The minimum atomic E-state index is -0.249. The van der Waals surface area contributed by atoms with Gasteiger partial charge in [0.2, 0.25) is 5.95 Å². The van der Waals surface area contributed by atoms with Crippen molar-refractivity contribution in [3.8, 4) is 0 Å². The van der Waals surface area contributed by atoms with E-state index in [9.17, 15) is 4.79 Å². The first kappa shape index (κ1) is 18.8. The molecule has 9 heteroatoms. The molecule has 1 fully saturated rings. The van der Waals surface area contributed by atoms with E-state index in [1.165, 1.54) is 11.3 Å². The molecule has 2 unspecified atom stereocenters. The fourth-order valence-electron chi connectivity index (χ4n) is 3.78. The second-order valence-electron chi connectivity index (χ2n) is 7.47. The molecule has 1 amide bonds. The van der Waals surface area contributed by atoms with E-state index in [-0.39, 0.29) is 18.0 Å². The summed E-state index contributed by atoms with van der Waals surface area (Å²) in [7, 11) is 0. The summed E-state index contributed by atoms with van der Waals surface area (Å²) in [6, 6.07) is 5.71. The van der Waals surface area contributed by atoms with Crippen molar-refractivity contribution in [2.24, 2.45) is 5.73 Å². The van der Waals surface area contributed by atoms with Gasteiger partial charge in [0.1, 0.15) is 5.82 Å². The third kappa shape index (κ3) is 3.69. The number of carbonyl (C=O) groups excluding carboxylic acids is 1. The molecular weight excluding hydrogens is 398 g/mol. The quantitative estimate of drug-likeness (QED) is 0.463. The van der Waals surface area contributed by atoms with Crippen LogP contribution in [0, 0.1) is 0 Å². The molecule has 1 saturated carbocycles. The highest BCUT2D eigenvalue weighted by atomic mass is 32.1. The number of rotatable bonds is 4. The Morgan fingerprint density at radius 2 is 2.03 bits per heavy atom. The summed E-state index contributed by atoms with van der Waals surface area (Å²) in [5.74, 6) is 0.744. The Morgan fingerprint density at radius 3 is 2.93 bits per heavy atom. The average Bonchev–Trinajstić information content (AvgIpc) is 3.19. The Hall–Kier alpha value is -3.17. The number of thiophene rings is 1. The summed E-state index contributed by atoms with van der Waals surface area (Å²) >= 11 is 1.44. The molecule has 4 aromatic rings. The van der Waals surface area contributed by atoms with Crippen LogP contribution in [0.5, 0.6) is 0 Å². The monoisotopic (exact) mass is 419 g/mol. The van der Waals surface area contributed by atoms with E-state index in [2.05, 4.69) is 30.6 Å². The van der Waals surface area contributed by atoms with Crippen molar-refractivity contribution in [2.75, 3.05) is 10.6 Å². The van der Waals surface area contributed by atoms with Crippen molar-refractivity contribution in [3.05, 3.63) is 47.7 Å². The highest BCUT2D eigenvalue weighted by Gasteiger charge is 2.23. The first-order valence-electron chi connectivity index (χ1n) is 9.96. The van der Waals surface area contributed by atoms with Crippen LogP contribution in [0.15, 0.2) is 42.2 Å². The van der Waals surface area contributed by atoms with Gasteiger partial charge in [-0.1, -0.05) is 12.8 Å². The molecular formula is C21H21N7OS. The number of anilines is 2. The summed E-state index contributed by atoms with van der Waals surface area (Å²) in [6.07, 6.45) is 9.48. The number of nitrogens with one attached hydrogen (secondary N) is 2. The highest BCUT2D eigenvalue weighted by Crippen LogP contribution is 2.27. The van der Waals surface area contributed by atoms with Crippen molar-refractivity contribution in [2.45, 2.75) is 37.8 Å². The SMILES string of the molecule is NC1CCCCC1Nc1ncc2scc(C(=O)Nc3ccc4cnccc4n3)c2n1. The second-order valence-corrected chi connectivity index (χ2v) is 8.39. The smallest absolute Gasteiger partial charge is 0.259 e. The molecule has 0 aromatic carbocycles. The molecule has 152 valence electrons. The van der Waals surface area contributed by atoms with Crippen LogP contribution >= 0.6 is 11.3 Å². The summed E-state index contributed by atoms with van der Waals surface area (Å²) in [6.45, 7) is 0. The van der Waals surface area contributed by atoms with Gasteiger partial charge in [0.05, 0.1) is 27.5 Å². The van der Waals surface area contributed by atoms with Crippen LogP contribution in [0.1, 0.15) is 36.0 Å². The molecule has 30 heavy (non-hydrogen) atoms. The number of aromatic nitrogens is 4. The van der Waals surface area contributed by atoms with Crippen molar-refractivity contribution in [3.63, 3.8) is 0 Å². The highest BCUT2D eigenvalue weighted by molar-refractivity contribution is 7.17. The lowest BCUT2D eigenvalue weighted by Gasteiger charge is -2.29. The predicted octanol–water partition coefficient (Wildman–Crippen LogP) is 3.57. The van der Waals surface area contributed by atoms with Crippen molar-refractivity contribution in [1.82, 2.24) is 19.9 Å². The molecule has 4 N–H and O–H groups in total. The molecule has 0 bridgehead atoms. The van der Waals surface area contributed by atoms with Gasteiger partial charge in [-0.05, 0) is 31.0 Å². The van der Waals surface area contributed by atoms with Crippen molar-refractivity contribution < 1.29 is 4.79 Å². The Bertz CT molecular complexity index is 1220. The molecule has 4 aromatic heterocycles. The molecule has 1 aliphatic carbocycles. The van der Waals surface area contributed by atoms with E-state index < -0.39 is 0 Å². The third-order valence-corrected chi connectivity index (χ3v) is 6.33. The van der Waals surface area contributed by atoms with Gasteiger partial charge >= 0.3 is 0 Å². The van der Waals surface area contributed by atoms with E-state index in [0.717, 1.165) is 41.3 Å². The molecule has 8 nitrogen and oxygen atoms in total. The van der Waals surface area contributed by atoms with Crippen molar-refractivity contribution in [1.29, 1.82) is 0 Å². The summed E-state index contributed by atoms with van der Waals surface area (Å²) < 4.78 is 0.858. The Morgan fingerprint density at radius 1 is 1.13 bits per heavy atom. The lowest BCUT2D eigenvalue weighted by Crippen LogP contribution is -2.42. The molecule has 0 spiro atoms. The Balaban J connectivity index is 1.39. The molecule has 0 saturated heterocycles. The van der Waals surface area contributed by atoms with E-state index in [1.54, 1.807) is 30.0 Å². The topological polar surface area (TPSA) is 119 Å². The van der Waals surface area contributed by atoms with Gasteiger partial charge in [0.25, 0.3) is 5.91 Å². The maximum atomic E-state index is 12.9. The Kier molecular flexibility index (Phi) is 4.97. The molecule has 0 radical (unpaired) electrons. The van der Waals surface area contributed by atoms with E-state index in [0.29, 0.717) is 22.8 Å². The third-order valence-electron chi connectivity index (χ3n) is 5.42. The number of fused-ring (bicyclic) bond motifs is 2. The number of amides is 1. The van der Waals surface area contributed by atoms with Crippen LogP contribution in [-0.4, -0.2) is 37.9 Å². The number of nitrogens with zero attached hydrogens (tertiary/aromatic N) is 4.